The summed E-state index contributed by atoms with van der Waals surface area (Å²) in [6.07, 6.45) is 2.53. The van der Waals surface area contributed by atoms with Crippen molar-refractivity contribution in [3.63, 3.8) is 0 Å². The molecule has 1 aliphatic rings. The van der Waals surface area contributed by atoms with Crippen LogP contribution in [0.5, 0.6) is 0 Å². The van der Waals surface area contributed by atoms with E-state index in [4.69, 9.17) is 4.42 Å². The first kappa shape index (κ1) is 15.3. The highest BCUT2D eigenvalue weighted by Gasteiger charge is 2.22. The van der Waals surface area contributed by atoms with Crippen molar-refractivity contribution in [1.29, 1.82) is 0 Å². The maximum atomic E-state index is 5.78. The standard InChI is InChI=1S/C14H27N5O/c1-11(2)10-19(8-7-18(3)4)14-17-16-13(20-14)9-15-12-5-6-12/h11-12,15H,5-10H2,1-4H3. The molecule has 0 aliphatic heterocycles. The van der Waals surface area contributed by atoms with E-state index in [9.17, 15) is 0 Å². The maximum absolute atomic E-state index is 5.78. The first-order valence-corrected chi connectivity index (χ1v) is 7.50. The third-order valence-corrected chi connectivity index (χ3v) is 3.25. The summed E-state index contributed by atoms with van der Waals surface area (Å²) in [7, 11) is 4.15. The largest absolute Gasteiger partial charge is 0.407 e. The molecule has 0 spiro atoms. The highest BCUT2D eigenvalue weighted by molar-refractivity contribution is 5.24. The van der Waals surface area contributed by atoms with Gasteiger partial charge < -0.3 is 19.5 Å². The fourth-order valence-electron chi connectivity index (χ4n) is 1.99. The number of likely N-dealkylation sites (N-methyl/N-ethyl adjacent to an activating group) is 1. The van der Waals surface area contributed by atoms with Crippen molar-refractivity contribution in [3.8, 4) is 0 Å². The van der Waals surface area contributed by atoms with Crippen LogP contribution in [0.25, 0.3) is 0 Å². The predicted molar refractivity (Wildman–Crippen MR) is 79.8 cm³/mol. The summed E-state index contributed by atoms with van der Waals surface area (Å²) in [5.41, 5.74) is 0. The van der Waals surface area contributed by atoms with Gasteiger partial charge in [0.15, 0.2) is 0 Å². The van der Waals surface area contributed by atoms with E-state index in [1.165, 1.54) is 12.8 Å². The lowest BCUT2D eigenvalue weighted by atomic mass is 10.2. The van der Waals surface area contributed by atoms with Crippen molar-refractivity contribution < 1.29 is 4.42 Å². The number of nitrogens with zero attached hydrogens (tertiary/aromatic N) is 4. The first-order valence-electron chi connectivity index (χ1n) is 7.50. The zero-order valence-electron chi connectivity index (χ0n) is 13.1. The molecule has 1 aromatic rings. The molecule has 6 nitrogen and oxygen atoms in total. The average Bonchev–Trinajstić information content (AvgIpc) is 3.09. The lowest BCUT2D eigenvalue weighted by Gasteiger charge is -2.23. The lowest BCUT2D eigenvalue weighted by molar-refractivity contribution is 0.394. The fourth-order valence-corrected chi connectivity index (χ4v) is 1.99. The lowest BCUT2D eigenvalue weighted by Crippen LogP contribution is -2.34. The summed E-state index contributed by atoms with van der Waals surface area (Å²) in [6.45, 7) is 7.91. The van der Waals surface area contributed by atoms with Gasteiger partial charge in [-0.3, -0.25) is 0 Å². The molecule has 0 saturated heterocycles. The molecule has 0 aromatic carbocycles. The smallest absolute Gasteiger partial charge is 0.318 e. The number of aromatic nitrogens is 2. The summed E-state index contributed by atoms with van der Waals surface area (Å²) in [6, 6.07) is 1.30. The topological polar surface area (TPSA) is 57.4 Å². The van der Waals surface area contributed by atoms with Crippen molar-refractivity contribution in [2.45, 2.75) is 39.3 Å². The molecule has 1 N–H and O–H groups in total. The molecule has 0 bridgehead atoms. The molecule has 0 amide bonds. The third kappa shape index (κ3) is 5.09. The van der Waals surface area contributed by atoms with Gasteiger partial charge in [0.05, 0.1) is 6.54 Å². The minimum absolute atomic E-state index is 0.567. The van der Waals surface area contributed by atoms with Gasteiger partial charge in [-0.1, -0.05) is 18.9 Å². The molecule has 6 heteroatoms. The quantitative estimate of drug-likeness (QED) is 0.737. The van der Waals surface area contributed by atoms with Crippen molar-refractivity contribution in [2.75, 3.05) is 38.6 Å². The van der Waals surface area contributed by atoms with Crippen molar-refractivity contribution in [1.82, 2.24) is 20.4 Å². The molecule has 1 fully saturated rings. The van der Waals surface area contributed by atoms with Gasteiger partial charge in [0.2, 0.25) is 5.89 Å². The summed E-state index contributed by atoms with van der Waals surface area (Å²) >= 11 is 0. The normalized spacial score (nSPS) is 15.3. The summed E-state index contributed by atoms with van der Waals surface area (Å²) in [5, 5.41) is 11.7. The molecule has 114 valence electrons. The van der Waals surface area contributed by atoms with Crippen LogP contribution in [-0.2, 0) is 6.54 Å². The van der Waals surface area contributed by atoms with Gasteiger partial charge in [-0.25, -0.2) is 0 Å². The molecular weight excluding hydrogens is 254 g/mol. The van der Waals surface area contributed by atoms with Crippen molar-refractivity contribution in [2.24, 2.45) is 5.92 Å². The second-order valence-electron chi connectivity index (χ2n) is 6.28. The molecule has 1 aliphatic carbocycles. The Bertz CT molecular complexity index is 400. The number of hydrogen-bond acceptors (Lipinski definition) is 6. The average molecular weight is 281 g/mol. The second kappa shape index (κ2) is 7.04. The Labute approximate surface area is 121 Å². The Hall–Kier alpha value is -1.14. The second-order valence-corrected chi connectivity index (χ2v) is 6.28. The van der Waals surface area contributed by atoms with Crippen LogP contribution >= 0.6 is 0 Å². The zero-order chi connectivity index (χ0) is 14.5. The number of hydrogen-bond donors (Lipinski definition) is 1. The zero-order valence-corrected chi connectivity index (χ0v) is 13.1. The Balaban J connectivity index is 1.91. The molecule has 1 heterocycles. The van der Waals surface area contributed by atoms with Gasteiger partial charge in [0.1, 0.15) is 0 Å². The molecule has 0 radical (unpaired) electrons. The molecule has 2 rings (SSSR count). The first-order chi connectivity index (χ1) is 9.54. The van der Waals surface area contributed by atoms with E-state index >= 15 is 0 Å². The summed E-state index contributed by atoms with van der Waals surface area (Å²) in [5.74, 6) is 1.25. The Morgan fingerprint density at radius 1 is 1.25 bits per heavy atom. The van der Waals surface area contributed by atoms with Gasteiger partial charge in [-0.05, 0) is 32.9 Å². The van der Waals surface area contributed by atoms with E-state index in [-0.39, 0.29) is 0 Å². The molecule has 1 aromatic heterocycles. The minimum Gasteiger partial charge on any atom is -0.407 e. The monoisotopic (exact) mass is 281 g/mol. The van der Waals surface area contributed by atoms with E-state index in [1.807, 2.05) is 0 Å². The summed E-state index contributed by atoms with van der Waals surface area (Å²) < 4.78 is 5.78. The SMILES string of the molecule is CC(C)CN(CCN(C)C)c1nnc(CNC2CC2)o1. The van der Waals surface area contributed by atoms with Gasteiger partial charge >= 0.3 is 6.01 Å². The number of nitrogens with one attached hydrogen (secondary N) is 1. The van der Waals surface area contributed by atoms with Crippen molar-refractivity contribution in [3.05, 3.63) is 5.89 Å². The van der Waals surface area contributed by atoms with Crippen LogP contribution in [0.3, 0.4) is 0 Å². The van der Waals surface area contributed by atoms with Gasteiger partial charge in [-0.2, -0.15) is 0 Å². The number of anilines is 1. The highest BCUT2D eigenvalue weighted by Crippen LogP contribution is 2.20. The van der Waals surface area contributed by atoms with E-state index < -0.39 is 0 Å². The van der Waals surface area contributed by atoms with Crippen LogP contribution in [0.15, 0.2) is 4.42 Å². The van der Waals surface area contributed by atoms with Gasteiger partial charge in [0, 0.05) is 25.7 Å². The molecule has 0 unspecified atom stereocenters. The Kier molecular flexibility index (Phi) is 5.37. The van der Waals surface area contributed by atoms with E-state index in [1.54, 1.807) is 0 Å². The van der Waals surface area contributed by atoms with E-state index in [2.05, 4.69) is 53.3 Å². The van der Waals surface area contributed by atoms with Gasteiger partial charge in [-0.15, -0.1) is 5.10 Å². The Morgan fingerprint density at radius 2 is 2.00 bits per heavy atom. The number of rotatable bonds is 9. The highest BCUT2D eigenvalue weighted by atomic mass is 16.4. The maximum Gasteiger partial charge on any atom is 0.318 e. The molecule has 0 atom stereocenters. The summed E-state index contributed by atoms with van der Waals surface area (Å²) in [4.78, 5) is 4.34. The molecule has 20 heavy (non-hydrogen) atoms. The van der Waals surface area contributed by atoms with Crippen LogP contribution in [0.2, 0.25) is 0 Å². The molecular formula is C14H27N5O. The van der Waals surface area contributed by atoms with Gasteiger partial charge in [0.25, 0.3) is 0 Å². The van der Waals surface area contributed by atoms with Crippen LogP contribution in [-0.4, -0.2) is 54.9 Å². The predicted octanol–water partition coefficient (Wildman–Crippen LogP) is 1.35. The van der Waals surface area contributed by atoms with Crippen LogP contribution in [0.1, 0.15) is 32.6 Å². The van der Waals surface area contributed by atoms with E-state index in [0.29, 0.717) is 30.4 Å². The van der Waals surface area contributed by atoms with Crippen molar-refractivity contribution >= 4 is 6.01 Å². The molecule has 1 saturated carbocycles. The fraction of sp³-hybridized carbons (Fsp3) is 0.857. The van der Waals surface area contributed by atoms with Crippen LogP contribution in [0.4, 0.5) is 6.01 Å². The van der Waals surface area contributed by atoms with E-state index in [0.717, 1.165) is 19.6 Å². The third-order valence-electron chi connectivity index (χ3n) is 3.25. The van der Waals surface area contributed by atoms with Crippen LogP contribution in [0, 0.1) is 5.92 Å². The Morgan fingerprint density at radius 3 is 2.60 bits per heavy atom. The minimum atomic E-state index is 0.567. The van der Waals surface area contributed by atoms with Crippen LogP contribution < -0.4 is 10.2 Å².